The van der Waals surface area contributed by atoms with Gasteiger partial charge < -0.3 is 9.73 Å². The van der Waals surface area contributed by atoms with Crippen LogP contribution in [0.15, 0.2) is 23.0 Å². The molecule has 0 aliphatic carbocycles. The Morgan fingerprint density at radius 1 is 1.50 bits per heavy atom. The van der Waals surface area contributed by atoms with Gasteiger partial charge >= 0.3 is 0 Å². The van der Waals surface area contributed by atoms with E-state index in [1.165, 1.54) is 19.3 Å². The minimum Gasteiger partial charge on any atom is -0.472 e. The van der Waals surface area contributed by atoms with Gasteiger partial charge in [0.2, 0.25) is 0 Å². The number of Topliss-reactive ketones (excluding diaryl/α,β-unsaturated/α-hetero) is 1. The van der Waals surface area contributed by atoms with E-state index in [0.29, 0.717) is 24.7 Å². The summed E-state index contributed by atoms with van der Waals surface area (Å²) in [4.78, 5) is 11.7. The second-order valence-corrected chi connectivity index (χ2v) is 4.53. The fraction of sp³-hybridized carbons (Fsp3) is 0.615. The van der Waals surface area contributed by atoms with Crippen molar-refractivity contribution in [2.45, 2.75) is 44.6 Å². The highest BCUT2D eigenvalue weighted by Gasteiger charge is 2.14. The average molecular weight is 221 g/mol. The average Bonchev–Trinajstić information content (AvgIpc) is 2.81. The number of piperidine rings is 1. The third-order valence-corrected chi connectivity index (χ3v) is 3.17. The lowest BCUT2D eigenvalue weighted by molar-refractivity contribution is -0.118. The maximum Gasteiger partial charge on any atom is 0.137 e. The molecule has 0 amide bonds. The van der Waals surface area contributed by atoms with Gasteiger partial charge in [-0.25, -0.2) is 0 Å². The van der Waals surface area contributed by atoms with E-state index in [9.17, 15) is 4.79 Å². The van der Waals surface area contributed by atoms with Gasteiger partial charge in [-0.05, 0) is 37.4 Å². The van der Waals surface area contributed by atoms with Crippen LogP contribution in [-0.4, -0.2) is 18.4 Å². The highest BCUT2D eigenvalue weighted by Crippen LogP contribution is 2.13. The van der Waals surface area contributed by atoms with Crippen molar-refractivity contribution >= 4 is 5.78 Å². The number of hydrogen-bond donors (Lipinski definition) is 1. The SMILES string of the molecule is O=C(CCC1CCCCN1)Cc1ccoc1. The zero-order chi connectivity index (χ0) is 11.2. The molecular weight excluding hydrogens is 202 g/mol. The Kier molecular flexibility index (Phi) is 4.17. The molecule has 0 aromatic carbocycles. The maximum atomic E-state index is 11.7. The minimum absolute atomic E-state index is 0.314. The van der Waals surface area contributed by atoms with Crippen LogP contribution >= 0.6 is 0 Å². The standard InChI is InChI=1S/C13H19NO2/c15-13(9-11-6-8-16-10-11)5-4-12-3-1-2-7-14-12/h6,8,10,12,14H,1-5,7,9H2. The normalized spacial score (nSPS) is 20.9. The molecule has 3 heteroatoms. The molecule has 0 spiro atoms. The lowest BCUT2D eigenvalue weighted by Gasteiger charge is -2.22. The summed E-state index contributed by atoms with van der Waals surface area (Å²) < 4.78 is 4.95. The summed E-state index contributed by atoms with van der Waals surface area (Å²) in [5.41, 5.74) is 0.988. The van der Waals surface area contributed by atoms with Gasteiger partial charge in [0.1, 0.15) is 5.78 Å². The van der Waals surface area contributed by atoms with Gasteiger partial charge in [-0.1, -0.05) is 6.42 Å². The van der Waals surface area contributed by atoms with Crippen molar-refractivity contribution in [1.82, 2.24) is 5.32 Å². The number of ketones is 1. The molecule has 1 saturated heterocycles. The Balaban J connectivity index is 1.67. The van der Waals surface area contributed by atoms with E-state index in [-0.39, 0.29) is 0 Å². The van der Waals surface area contributed by atoms with E-state index in [1.807, 2.05) is 6.07 Å². The number of furan rings is 1. The number of carbonyl (C=O) groups is 1. The quantitative estimate of drug-likeness (QED) is 0.829. The predicted octanol–water partition coefficient (Wildman–Crippen LogP) is 2.31. The molecule has 0 saturated carbocycles. The molecule has 1 aliphatic heterocycles. The van der Waals surface area contributed by atoms with E-state index in [0.717, 1.165) is 18.5 Å². The zero-order valence-corrected chi connectivity index (χ0v) is 9.58. The van der Waals surface area contributed by atoms with Crippen LogP contribution in [-0.2, 0) is 11.2 Å². The summed E-state index contributed by atoms with van der Waals surface area (Å²) in [6.07, 6.45) is 9.25. The molecule has 2 heterocycles. The third kappa shape index (κ3) is 3.49. The van der Waals surface area contributed by atoms with Crippen LogP contribution < -0.4 is 5.32 Å². The first-order chi connectivity index (χ1) is 7.84. The fourth-order valence-electron chi connectivity index (χ4n) is 2.21. The first-order valence-corrected chi connectivity index (χ1v) is 6.11. The van der Waals surface area contributed by atoms with Crippen molar-refractivity contribution in [2.24, 2.45) is 0 Å². The molecule has 3 nitrogen and oxygen atoms in total. The Labute approximate surface area is 96.2 Å². The molecule has 1 aromatic rings. The Hall–Kier alpha value is -1.09. The monoisotopic (exact) mass is 221 g/mol. The highest BCUT2D eigenvalue weighted by molar-refractivity contribution is 5.80. The van der Waals surface area contributed by atoms with Gasteiger partial charge in [-0.3, -0.25) is 4.79 Å². The maximum absolute atomic E-state index is 11.7. The number of rotatable bonds is 5. The molecule has 0 bridgehead atoms. The lowest BCUT2D eigenvalue weighted by Crippen LogP contribution is -2.34. The van der Waals surface area contributed by atoms with Crippen LogP contribution in [0.4, 0.5) is 0 Å². The van der Waals surface area contributed by atoms with Crippen LogP contribution in [0.25, 0.3) is 0 Å². The van der Waals surface area contributed by atoms with Gasteiger partial charge in [0, 0.05) is 18.9 Å². The van der Waals surface area contributed by atoms with E-state index >= 15 is 0 Å². The number of hydrogen-bond acceptors (Lipinski definition) is 3. The lowest BCUT2D eigenvalue weighted by atomic mass is 9.98. The Bertz CT molecular complexity index is 313. The molecule has 1 N–H and O–H groups in total. The summed E-state index contributed by atoms with van der Waals surface area (Å²) in [5.74, 6) is 0.314. The molecule has 2 rings (SSSR count). The van der Waals surface area contributed by atoms with Crippen molar-refractivity contribution in [3.63, 3.8) is 0 Å². The smallest absolute Gasteiger partial charge is 0.137 e. The molecular formula is C13H19NO2. The first kappa shape index (κ1) is 11.4. The van der Waals surface area contributed by atoms with E-state index in [2.05, 4.69) is 5.32 Å². The Morgan fingerprint density at radius 2 is 2.44 bits per heavy atom. The molecule has 1 atom stereocenters. The molecule has 16 heavy (non-hydrogen) atoms. The van der Waals surface area contributed by atoms with Crippen molar-refractivity contribution < 1.29 is 9.21 Å². The van der Waals surface area contributed by atoms with Crippen molar-refractivity contribution in [2.75, 3.05) is 6.54 Å². The van der Waals surface area contributed by atoms with Gasteiger partial charge in [0.15, 0.2) is 0 Å². The van der Waals surface area contributed by atoms with Crippen LogP contribution in [0.5, 0.6) is 0 Å². The van der Waals surface area contributed by atoms with Gasteiger partial charge in [-0.15, -0.1) is 0 Å². The summed E-state index contributed by atoms with van der Waals surface area (Å²) in [5, 5.41) is 3.46. The molecule has 0 radical (unpaired) electrons. The molecule has 1 aliphatic rings. The van der Waals surface area contributed by atoms with Gasteiger partial charge in [0.25, 0.3) is 0 Å². The molecule has 1 unspecified atom stereocenters. The van der Waals surface area contributed by atoms with Crippen LogP contribution in [0, 0.1) is 0 Å². The second-order valence-electron chi connectivity index (χ2n) is 4.53. The molecule has 88 valence electrons. The Morgan fingerprint density at radius 3 is 3.12 bits per heavy atom. The largest absolute Gasteiger partial charge is 0.472 e. The predicted molar refractivity (Wildman–Crippen MR) is 62.3 cm³/mol. The highest BCUT2D eigenvalue weighted by atomic mass is 16.3. The summed E-state index contributed by atoms with van der Waals surface area (Å²) in [6.45, 7) is 1.11. The van der Waals surface area contributed by atoms with E-state index in [1.54, 1.807) is 12.5 Å². The van der Waals surface area contributed by atoms with Gasteiger partial charge in [0.05, 0.1) is 12.5 Å². The van der Waals surface area contributed by atoms with Crippen LogP contribution in [0.3, 0.4) is 0 Å². The third-order valence-electron chi connectivity index (χ3n) is 3.17. The number of nitrogens with one attached hydrogen (secondary N) is 1. The topological polar surface area (TPSA) is 42.2 Å². The van der Waals surface area contributed by atoms with Gasteiger partial charge in [-0.2, -0.15) is 0 Å². The fourth-order valence-corrected chi connectivity index (χ4v) is 2.21. The first-order valence-electron chi connectivity index (χ1n) is 6.11. The zero-order valence-electron chi connectivity index (χ0n) is 9.58. The summed E-state index contributed by atoms with van der Waals surface area (Å²) >= 11 is 0. The van der Waals surface area contributed by atoms with Crippen molar-refractivity contribution in [3.05, 3.63) is 24.2 Å². The van der Waals surface area contributed by atoms with Crippen molar-refractivity contribution in [3.8, 4) is 0 Å². The summed E-state index contributed by atoms with van der Waals surface area (Å²) in [7, 11) is 0. The second kappa shape index (κ2) is 5.85. The number of carbonyl (C=O) groups excluding carboxylic acids is 1. The van der Waals surface area contributed by atoms with Crippen LogP contribution in [0.2, 0.25) is 0 Å². The summed E-state index contributed by atoms with van der Waals surface area (Å²) in [6, 6.07) is 2.42. The van der Waals surface area contributed by atoms with Crippen LogP contribution in [0.1, 0.15) is 37.7 Å². The van der Waals surface area contributed by atoms with E-state index in [4.69, 9.17) is 4.42 Å². The van der Waals surface area contributed by atoms with Crippen molar-refractivity contribution in [1.29, 1.82) is 0 Å². The minimum atomic E-state index is 0.314. The van der Waals surface area contributed by atoms with E-state index < -0.39 is 0 Å². The molecule has 1 aromatic heterocycles. The molecule has 1 fully saturated rings.